The van der Waals surface area contributed by atoms with Crippen LogP contribution in [0.1, 0.15) is 85.8 Å². The van der Waals surface area contributed by atoms with Gasteiger partial charge in [-0.25, -0.2) is 4.79 Å². The van der Waals surface area contributed by atoms with Gasteiger partial charge in [0.15, 0.2) is 0 Å². The molecular weight excluding hydrogens is 636 g/mol. The number of piperidine rings is 1. The second kappa shape index (κ2) is 15.1. The number of fused-ring (bicyclic) bond motifs is 1. The quantitative estimate of drug-likeness (QED) is 0.273. The molecule has 11 nitrogen and oxygen atoms in total. The number of amides is 4. The summed E-state index contributed by atoms with van der Waals surface area (Å²) in [7, 11) is 1.53. The van der Waals surface area contributed by atoms with E-state index in [0.29, 0.717) is 54.8 Å². The Morgan fingerprint density at radius 1 is 0.900 bits per heavy atom. The molecule has 1 saturated heterocycles. The SMILES string of the molecule is COc1ccccc1C(=O)NC1CCN(C(=O)[C@H]2CC[C@@](C(=O)N[C@@H](CC(N)=O)C(=O)OC(C)(C)C)(c3ccccc3)c3ccccc32)CC1. The van der Waals surface area contributed by atoms with Gasteiger partial charge in [-0.2, -0.15) is 0 Å². The van der Waals surface area contributed by atoms with Crippen LogP contribution in [-0.2, 0) is 29.3 Å². The number of ether oxygens (including phenoxy) is 2. The van der Waals surface area contributed by atoms with Gasteiger partial charge in [0, 0.05) is 19.1 Å². The van der Waals surface area contributed by atoms with E-state index in [1.807, 2.05) is 65.6 Å². The number of benzene rings is 3. The molecule has 0 radical (unpaired) electrons. The first kappa shape index (κ1) is 36.1. The first-order valence-electron chi connectivity index (χ1n) is 17.0. The van der Waals surface area contributed by atoms with Gasteiger partial charge in [0.05, 0.1) is 30.4 Å². The third-order valence-corrected chi connectivity index (χ3v) is 9.45. The normalized spacial score (nSPS) is 19.8. The molecule has 1 fully saturated rings. The van der Waals surface area contributed by atoms with Crippen molar-refractivity contribution in [3.8, 4) is 5.75 Å². The van der Waals surface area contributed by atoms with Gasteiger partial charge < -0.3 is 30.7 Å². The second-order valence-electron chi connectivity index (χ2n) is 14.0. The zero-order chi connectivity index (χ0) is 36.1. The number of nitrogens with zero attached hydrogens (tertiary/aromatic N) is 1. The molecule has 1 aliphatic heterocycles. The molecule has 3 aromatic rings. The van der Waals surface area contributed by atoms with Gasteiger partial charge in [-0.1, -0.05) is 66.7 Å². The number of primary amides is 1. The number of rotatable bonds is 10. The van der Waals surface area contributed by atoms with Crippen molar-refractivity contribution in [3.63, 3.8) is 0 Å². The molecule has 0 bridgehead atoms. The van der Waals surface area contributed by atoms with Crippen LogP contribution in [0.15, 0.2) is 78.9 Å². The van der Waals surface area contributed by atoms with Gasteiger partial charge in [-0.05, 0) is 75.3 Å². The maximum Gasteiger partial charge on any atom is 0.329 e. The second-order valence-corrected chi connectivity index (χ2v) is 14.0. The maximum atomic E-state index is 14.6. The van der Waals surface area contributed by atoms with Crippen LogP contribution in [-0.4, -0.2) is 72.4 Å². The molecule has 0 saturated carbocycles. The highest BCUT2D eigenvalue weighted by Crippen LogP contribution is 2.48. The zero-order valence-electron chi connectivity index (χ0n) is 29.1. The molecule has 264 valence electrons. The molecule has 1 heterocycles. The number of carbonyl (C=O) groups excluding carboxylic acids is 5. The Morgan fingerprint density at radius 2 is 1.54 bits per heavy atom. The predicted molar refractivity (Wildman–Crippen MR) is 187 cm³/mol. The smallest absolute Gasteiger partial charge is 0.329 e. The van der Waals surface area contributed by atoms with Gasteiger partial charge in [0.1, 0.15) is 17.4 Å². The largest absolute Gasteiger partial charge is 0.496 e. The molecule has 2 aliphatic rings. The number of likely N-dealkylation sites (tertiary alicyclic amines) is 1. The summed E-state index contributed by atoms with van der Waals surface area (Å²) in [6, 6.07) is 22.4. The monoisotopic (exact) mass is 682 g/mol. The third kappa shape index (κ3) is 7.82. The number of methoxy groups -OCH3 is 1. The predicted octanol–water partition coefficient (Wildman–Crippen LogP) is 3.98. The van der Waals surface area contributed by atoms with Crippen LogP contribution >= 0.6 is 0 Å². The van der Waals surface area contributed by atoms with Crippen molar-refractivity contribution < 1.29 is 33.4 Å². The summed E-state index contributed by atoms with van der Waals surface area (Å²) in [6.45, 7) is 6.06. The van der Waals surface area contributed by atoms with E-state index < -0.39 is 47.2 Å². The van der Waals surface area contributed by atoms with Gasteiger partial charge in [-0.3, -0.25) is 19.2 Å². The Labute approximate surface area is 292 Å². The average molecular weight is 683 g/mol. The molecule has 1 aliphatic carbocycles. The molecule has 3 atom stereocenters. The first-order valence-corrected chi connectivity index (χ1v) is 17.0. The lowest BCUT2D eigenvalue weighted by molar-refractivity contribution is -0.159. The molecule has 0 spiro atoms. The van der Waals surface area contributed by atoms with Crippen molar-refractivity contribution in [1.82, 2.24) is 15.5 Å². The highest BCUT2D eigenvalue weighted by atomic mass is 16.6. The van der Waals surface area contributed by atoms with Crippen LogP contribution in [0.3, 0.4) is 0 Å². The highest BCUT2D eigenvalue weighted by molar-refractivity contribution is 5.98. The van der Waals surface area contributed by atoms with Gasteiger partial charge in [-0.15, -0.1) is 0 Å². The Hall–Kier alpha value is -5.19. The van der Waals surface area contributed by atoms with Crippen molar-refractivity contribution in [1.29, 1.82) is 0 Å². The van der Waals surface area contributed by atoms with Crippen LogP contribution in [0.4, 0.5) is 0 Å². The van der Waals surface area contributed by atoms with E-state index >= 15 is 0 Å². The Kier molecular flexibility index (Phi) is 10.9. The molecule has 50 heavy (non-hydrogen) atoms. The molecular formula is C39H46N4O7. The molecule has 0 unspecified atom stereocenters. The lowest BCUT2D eigenvalue weighted by atomic mass is 9.62. The van der Waals surface area contributed by atoms with E-state index in [0.717, 1.165) is 5.56 Å². The number of nitrogens with one attached hydrogen (secondary N) is 2. The lowest BCUT2D eigenvalue weighted by Crippen LogP contribution is -2.55. The maximum absolute atomic E-state index is 14.6. The summed E-state index contributed by atoms with van der Waals surface area (Å²) in [5, 5.41) is 5.91. The summed E-state index contributed by atoms with van der Waals surface area (Å²) >= 11 is 0. The van der Waals surface area contributed by atoms with E-state index in [4.69, 9.17) is 15.2 Å². The lowest BCUT2D eigenvalue weighted by Gasteiger charge is -2.43. The summed E-state index contributed by atoms with van der Waals surface area (Å²) in [5.74, 6) is -2.24. The molecule has 11 heteroatoms. The molecule has 3 aromatic carbocycles. The number of hydrogen-bond donors (Lipinski definition) is 3. The number of hydrogen-bond acceptors (Lipinski definition) is 7. The Balaban J connectivity index is 1.38. The van der Waals surface area contributed by atoms with Crippen LogP contribution in [0.2, 0.25) is 0 Å². The minimum atomic E-state index is -1.30. The zero-order valence-corrected chi connectivity index (χ0v) is 29.1. The van der Waals surface area contributed by atoms with E-state index in [2.05, 4.69) is 10.6 Å². The first-order chi connectivity index (χ1) is 23.8. The fourth-order valence-electron chi connectivity index (χ4n) is 7.10. The average Bonchev–Trinajstić information content (AvgIpc) is 3.10. The summed E-state index contributed by atoms with van der Waals surface area (Å²) < 4.78 is 10.9. The van der Waals surface area contributed by atoms with Crippen molar-refractivity contribution >= 4 is 29.6 Å². The summed E-state index contributed by atoms with van der Waals surface area (Å²) in [4.78, 5) is 68.8. The highest BCUT2D eigenvalue weighted by Gasteiger charge is 2.50. The minimum absolute atomic E-state index is 0.0330. The standard InChI is InChI=1S/C39H46N4O7/c1-38(2,3)50-36(47)31(24-33(40)44)42-37(48)39(25-12-6-5-7-13-25)21-18-28(27-14-8-10-16-30(27)39)35(46)43-22-19-26(20-23-43)41-34(45)29-15-9-11-17-32(29)49-4/h5-17,26,28,31H,18-24H2,1-4H3,(H2,40,44)(H,41,45)(H,42,48)/t28-,31-,39+/m0/s1. The number of nitrogens with two attached hydrogens (primary N) is 1. The van der Waals surface area contributed by atoms with Gasteiger partial charge >= 0.3 is 5.97 Å². The van der Waals surface area contributed by atoms with Crippen molar-refractivity contribution in [2.24, 2.45) is 5.73 Å². The van der Waals surface area contributed by atoms with Crippen LogP contribution in [0.25, 0.3) is 0 Å². The molecule has 4 amide bonds. The number of carbonyl (C=O) groups is 5. The van der Waals surface area contributed by atoms with E-state index in [1.54, 1.807) is 39.0 Å². The van der Waals surface area contributed by atoms with E-state index in [9.17, 15) is 24.0 Å². The van der Waals surface area contributed by atoms with Crippen LogP contribution in [0, 0.1) is 0 Å². The summed E-state index contributed by atoms with van der Waals surface area (Å²) in [6.07, 6.45) is 1.42. The molecule has 4 N–H and O–H groups in total. The fraction of sp³-hybridized carbons (Fsp3) is 0.410. The number of esters is 1. The summed E-state index contributed by atoms with van der Waals surface area (Å²) in [5.41, 5.74) is 5.94. The minimum Gasteiger partial charge on any atom is -0.496 e. The number of para-hydroxylation sites is 1. The van der Waals surface area contributed by atoms with E-state index in [-0.39, 0.29) is 24.3 Å². The topological polar surface area (TPSA) is 157 Å². The van der Waals surface area contributed by atoms with Crippen LogP contribution < -0.4 is 21.1 Å². The van der Waals surface area contributed by atoms with Crippen molar-refractivity contribution in [3.05, 3.63) is 101 Å². The van der Waals surface area contributed by atoms with Crippen LogP contribution in [0.5, 0.6) is 5.75 Å². The van der Waals surface area contributed by atoms with Crippen molar-refractivity contribution in [2.75, 3.05) is 20.2 Å². The third-order valence-electron chi connectivity index (χ3n) is 9.45. The van der Waals surface area contributed by atoms with Gasteiger partial charge in [0.2, 0.25) is 17.7 Å². The van der Waals surface area contributed by atoms with E-state index in [1.165, 1.54) is 7.11 Å². The molecule has 5 rings (SSSR count). The Morgan fingerprint density at radius 3 is 2.20 bits per heavy atom. The Bertz CT molecular complexity index is 1730. The van der Waals surface area contributed by atoms with Crippen molar-refractivity contribution in [2.45, 2.75) is 81.9 Å². The van der Waals surface area contributed by atoms with Gasteiger partial charge in [0.25, 0.3) is 5.91 Å². The fourth-order valence-corrected chi connectivity index (χ4v) is 7.10. The molecule has 0 aromatic heterocycles.